The first-order chi connectivity index (χ1) is 13.1. The molecule has 1 aromatic heterocycles. The van der Waals surface area contributed by atoms with Gasteiger partial charge >= 0.3 is 0 Å². The number of rotatable bonds is 4. The van der Waals surface area contributed by atoms with Crippen LogP contribution in [-0.4, -0.2) is 23.3 Å². The lowest BCUT2D eigenvalue weighted by atomic mass is 10.1. The van der Waals surface area contributed by atoms with Crippen LogP contribution in [0.25, 0.3) is 11.3 Å². The van der Waals surface area contributed by atoms with Gasteiger partial charge in [-0.25, -0.2) is 4.98 Å². The molecule has 2 amide bonds. The Morgan fingerprint density at radius 3 is 2.67 bits per heavy atom. The van der Waals surface area contributed by atoms with E-state index in [4.69, 9.17) is 0 Å². The van der Waals surface area contributed by atoms with Crippen molar-refractivity contribution < 1.29 is 9.59 Å². The van der Waals surface area contributed by atoms with Gasteiger partial charge in [-0.05, 0) is 18.6 Å². The molecule has 0 saturated carbocycles. The normalized spacial score (nSPS) is 16.6. The van der Waals surface area contributed by atoms with Gasteiger partial charge in [0.15, 0.2) is 5.13 Å². The molecular weight excluding hydrogens is 358 g/mol. The van der Waals surface area contributed by atoms with Gasteiger partial charge in [0.05, 0.1) is 11.6 Å². The maximum Gasteiger partial charge on any atom is 0.231 e. The summed E-state index contributed by atoms with van der Waals surface area (Å²) in [5.41, 5.74) is 3.74. The summed E-state index contributed by atoms with van der Waals surface area (Å²) in [5.74, 6) is -0.553. The van der Waals surface area contributed by atoms with E-state index in [9.17, 15) is 9.59 Å². The SMILES string of the molecule is Cc1ccccc1N1C[C@@H](C(=O)Nc2nc(-c3ccccc3)cs2)CC1=O. The number of aryl methyl sites for hydroxylation is 1. The summed E-state index contributed by atoms with van der Waals surface area (Å²) in [6.07, 6.45) is 0.219. The molecule has 1 saturated heterocycles. The Bertz CT molecular complexity index is 984. The first kappa shape index (κ1) is 17.4. The smallest absolute Gasteiger partial charge is 0.231 e. The van der Waals surface area contributed by atoms with E-state index in [2.05, 4.69) is 10.3 Å². The molecule has 2 aromatic carbocycles. The molecule has 0 spiro atoms. The summed E-state index contributed by atoms with van der Waals surface area (Å²) >= 11 is 1.39. The molecule has 3 aromatic rings. The summed E-state index contributed by atoms with van der Waals surface area (Å²) in [6, 6.07) is 17.6. The number of nitrogens with one attached hydrogen (secondary N) is 1. The maximum absolute atomic E-state index is 12.6. The van der Waals surface area contributed by atoms with Crippen molar-refractivity contribution in [2.24, 2.45) is 5.92 Å². The molecule has 1 aliphatic rings. The Hall–Kier alpha value is -2.99. The summed E-state index contributed by atoms with van der Waals surface area (Å²) in [4.78, 5) is 31.3. The van der Waals surface area contributed by atoms with Crippen molar-refractivity contribution in [3.63, 3.8) is 0 Å². The monoisotopic (exact) mass is 377 g/mol. The second kappa shape index (κ2) is 7.32. The van der Waals surface area contributed by atoms with E-state index < -0.39 is 0 Å². The second-order valence-corrected chi connectivity index (χ2v) is 7.44. The van der Waals surface area contributed by atoms with Crippen LogP contribution in [0.5, 0.6) is 0 Å². The standard InChI is InChI=1S/C21H19N3O2S/c1-14-7-5-6-10-18(14)24-12-16(11-19(24)25)20(26)23-21-22-17(13-27-21)15-8-3-2-4-9-15/h2-10,13,16H,11-12H2,1H3,(H,22,23,26)/t16-/m0/s1. The fraction of sp³-hybridized carbons (Fsp3) is 0.190. The van der Waals surface area contributed by atoms with E-state index >= 15 is 0 Å². The van der Waals surface area contributed by atoms with E-state index in [0.717, 1.165) is 22.5 Å². The second-order valence-electron chi connectivity index (χ2n) is 6.59. The molecular formula is C21H19N3O2S. The third kappa shape index (κ3) is 3.61. The zero-order valence-corrected chi connectivity index (χ0v) is 15.7. The van der Waals surface area contributed by atoms with E-state index in [1.807, 2.05) is 66.9 Å². The van der Waals surface area contributed by atoms with Crippen LogP contribution in [0.3, 0.4) is 0 Å². The molecule has 1 aliphatic heterocycles. The molecule has 1 N–H and O–H groups in total. The van der Waals surface area contributed by atoms with Crippen LogP contribution in [0.4, 0.5) is 10.8 Å². The lowest BCUT2D eigenvalue weighted by Crippen LogP contribution is -2.28. The molecule has 27 heavy (non-hydrogen) atoms. The van der Waals surface area contributed by atoms with Gasteiger partial charge in [-0.1, -0.05) is 48.5 Å². The summed E-state index contributed by atoms with van der Waals surface area (Å²) in [5, 5.41) is 5.35. The number of carbonyl (C=O) groups excluding carboxylic acids is 2. The highest BCUT2D eigenvalue weighted by Crippen LogP contribution is 2.29. The first-order valence-corrected chi connectivity index (χ1v) is 9.67. The number of hydrogen-bond donors (Lipinski definition) is 1. The fourth-order valence-electron chi connectivity index (χ4n) is 3.26. The highest BCUT2D eigenvalue weighted by molar-refractivity contribution is 7.14. The van der Waals surface area contributed by atoms with E-state index in [-0.39, 0.29) is 24.2 Å². The van der Waals surface area contributed by atoms with Gasteiger partial charge < -0.3 is 10.2 Å². The van der Waals surface area contributed by atoms with Crippen LogP contribution < -0.4 is 10.2 Å². The number of thiazole rings is 1. The lowest BCUT2D eigenvalue weighted by Gasteiger charge is -2.18. The molecule has 6 heteroatoms. The summed E-state index contributed by atoms with van der Waals surface area (Å²) in [7, 11) is 0. The minimum atomic E-state index is -0.374. The molecule has 5 nitrogen and oxygen atoms in total. The number of para-hydroxylation sites is 1. The molecule has 0 radical (unpaired) electrons. The molecule has 1 atom stereocenters. The average molecular weight is 377 g/mol. The van der Waals surface area contributed by atoms with Crippen molar-refractivity contribution in [3.8, 4) is 11.3 Å². The molecule has 0 bridgehead atoms. The van der Waals surface area contributed by atoms with Gasteiger partial charge in [0.1, 0.15) is 0 Å². The fourth-order valence-corrected chi connectivity index (χ4v) is 3.99. The number of anilines is 2. The highest BCUT2D eigenvalue weighted by Gasteiger charge is 2.35. The van der Waals surface area contributed by atoms with Gasteiger partial charge in [0.2, 0.25) is 11.8 Å². The van der Waals surface area contributed by atoms with Crippen molar-refractivity contribution in [1.29, 1.82) is 0 Å². The largest absolute Gasteiger partial charge is 0.311 e. The van der Waals surface area contributed by atoms with E-state index in [1.165, 1.54) is 11.3 Å². The minimum Gasteiger partial charge on any atom is -0.311 e. The third-order valence-electron chi connectivity index (χ3n) is 4.71. The number of nitrogens with zero attached hydrogens (tertiary/aromatic N) is 2. The van der Waals surface area contributed by atoms with Crippen LogP contribution in [-0.2, 0) is 9.59 Å². The van der Waals surface area contributed by atoms with Crippen LogP contribution in [0.15, 0.2) is 60.0 Å². The van der Waals surface area contributed by atoms with Gasteiger partial charge in [-0.3, -0.25) is 9.59 Å². The number of hydrogen-bond acceptors (Lipinski definition) is 4. The van der Waals surface area contributed by atoms with Crippen LogP contribution in [0.2, 0.25) is 0 Å². The van der Waals surface area contributed by atoms with E-state index in [0.29, 0.717) is 11.7 Å². The van der Waals surface area contributed by atoms with Gasteiger partial charge in [-0.15, -0.1) is 11.3 Å². The van der Waals surface area contributed by atoms with Crippen molar-refractivity contribution in [2.75, 3.05) is 16.8 Å². The molecule has 0 unspecified atom stereocenters. The summed E-state index contributed by atoms with van der Waals surface area (Å²) in [6.45, 7) is 2.36. The zero-order chi connectivity index (χ0) is 18.8. The van der Waals surface area contributed by atoms with Crippen LogP contribution >= 0.6 is 11.3 Å². The van der Waals surface area contributed by atoms with Gasteiger partial charge in [-0.2, -0.15) is 0 Å². The number of carbonyl (C=O) groups is 2. The average Bonchev–Trinajstić information content (AvgIpc) is 3.30. The van der Waals surface area contributed by atoms with Gasteiger partial charge in [0.25, 0.3) is 0 Å². The number of benzene rings is 2. The van der Waals surface area contributed by atoms with Crippen LogP contribution in [0.1, 0.15) is 12.0 Å². The Morgan fingerprint density at radius 1 is 1.15 bits per heavy atom. The van der Waals surface area contributed by atoms with Gasteiger partial charge in [0, 0.05) is 29.6 Å². The van der Waals surface area contributed by atoms with Crippen molar-refractivity contribution in [3.05, 3.63) is 65.5 Å². The molecule has 1 fully saturated rings. The molecule has 0 aliphatic carbocycles. The number of aromatic nitrogens is 1. The third-order valence-corrected chi connectivity index (χ3v) is 5.46. The highest BCUT2D eigenvalue weighted by atomic mass is 32.1. The zero-order valence-electron chi connectivity index (χ0n) is 14.9. The van der Waals surface area contributed by atoms with Crippen LogP contribution in [0, 0.1) is 12.8 Å². The predicted molar refractivity (Wildman–Crippen MR) is 108 cm³/mol. The van der Waals surface area contributed by atoms with Crippen molar-refractivity contribution in [1.82, 2.24) is 4.98 Å². The maximum atomic E-state index is 12.6. The molecule has 2 heterocycles. The minimum absolute atomic E-state index is 0.0198. The topological polar surface area (TPSA) is 62.3 Å². The van der Waals surface area contributed by atoms with E-state index in [1.54, 1.807) is 4.90 Å². The summed E-state index contributed by atoms with van der Waals surface area (Å²) < 4.78 is 0. The van der Waals surface area contributed by atoms with Crippen molar-refractivity contribution in [2.45, 2.75) is 13.3 Å². The Labute approximate surface area is 161 Å². The first-order valence-electron chi connectivity index (χ1n) is 8.79. The Morgan fingerprint density at radius 2 is 1.89 bits per heavy atom. The predicted octanol–water partition coefficient (Wildman–Crippen LogP) is 4.11. The Balaban J connectivity index is 1.45. The molecule has 4 rings (SSSR count). The lowest BCUT2D eigenvalue weighted by molar-refractivity contribution is -0.122. The number of amides is 2. The van der Waals surface area contributed by atoms with Crippen molar-refractivity contribution >= 4 is 34.0 Å². The molecule has 136 valence electrons. The quantitative estimate of drug-likeness (QED) is 0.744. The Kier molecular flexibility index (Phi) is 4.73.